The summed E-state index contributed by atoms with van der Waals surface area (Å²) >= 11 is 0. The lowest BCUT2D eigenvalue weighted by molar-refractivity contribution is -0.138. The van der Waals surface area contributed by atoms with Gasteiger partial charge in [0.15, 0.2) is 12.0 Å². The highest BCUT2D eigenvalue weighted by Crippen LogP contribution is 2.44. The molecule has 1 heterocycles. The lowest BCUT2D eigenvalue weighted by atomic mass is 9.82. The predicted molar refractivity (Wildman–Crippen MR) is 87.3 cm³/mol. The average Bonchev–Trinajstić information content (AvgIpc) is 3.20. The summed E-state index contributed by atoms with van der Waals surface area (Å²) in [5.41, 5.74) is -4.90. The first-order chi connectivity index (χ1) is 13.4. The molecule has 2 aromatic carbocycles. The maximum atomic E-state index is 16.4. The Morgan fingerprint density at radius 1 is 0.690 bits per heavy atom. The van der Waals surface area contributed by atoms with Gasteiger partial charge in [0.1, 0.15) is 6.04 Å². The summed E-state index contributed by atoms with van der Waals surface area (Å²) in [6.07, 6.45) is -8.20. The molecular weight excluding hydrogens is 405 g/mol. The lowest BCUT2D eigenvalue weighted by Crippen LogP contribution is -2.34. The smallest absolute Gasteiger partial charge is 0.231 e. The van der Waals surface area contributed by atoms with Crippen molar-refractivity contribution in [3.8, 4) is 0 Å². The third kappa shape index (κ3) is 3.94. The Morgan fingerprint density at radius 2 is 1.07 bits per heavy atom. The molecule has 0 bridgehead atoms. The van der Waals surface area contributed by atoms with Gasteiger partial charge in [-0.05, 0) is 47.5 Å². The molecule has 4 nitrogen and oxygen atoms in total. The molecule has 1 unspecified atom stereocenters. The van der Waals surface area contributed by atoms with Crippen molar-refractivity contribution in [2.24, 2.45) is 0 Å². The van der Waals surface area contributed by atoms with Crippen LogP contribution >= 0.6 is 0 Å². The predicted octanol–water partition coefficient (Wildman–Crippen LogP) is 5.19. The molecule has 0 amide bonds. The summed E-state index contributed by atoms with van der Waals surface area (Å²) in [4.78, 5) is 0.898. The topological polar surface area (TPSA) is 43.6 Å². The van der Waals surface area contributed by atoms with E-state index in [4.69, 9.17) is 0 Å². The second-order valence-electron chi connectivity index (χ2n) is 6.29. The first-order valence-electron chi connectivity index (χ1n) is 8.21. The number of hydrogen-bond acceptors (Lipinski definition) is 3. The van der Waals surface area contributed by atoms with Crippen LogP contribution in [0.4, 0.5) is 30.7 Å². The van der Waals surface area contributed by atoms with Gasteiger partial charge in [-0.25, -0.2) is 4.39 Å². The van der Waals surface area contributed by atoms with E-state index < -0.39 is 35.2 Å². The molecule has 3 rings (SSSR count). The van der Waals surface area contributed by atoms with E-state index in [1.807, 2.05) is 0 Å². The van der Waals surface area contributed by atoms with E-state index in [0.29, 0.717) is 24.3 Å². The van der Waals surface area contributed by atoms with Crippen molar-refractivity contribution < 1.29 is 30.7 Å². The van der Waals surface area contributed by atoms with E-state index in [0.717, 1.165) is 35.4 Å². The molecule has 0 N–H and O–H groups in total. The zero-order valence-corrected chi connectivity index (χ0v) is 14.7. The van der Waals surface area contributed by atoms with E-state index >= 15 is 4.39 Å². The number of aromatic nitrogens is 4. The van der Waals surface area contributed by atoms with Crippen LogP contribution < -0.4 is 0 Å². The number of benzene rings is 2. The van der Waals surface area contributed by atoms with Crippen molar-refractivity contribution in [2.75, 3.05) is 0 Å². The van der Waals surface area contributed by atoms with Crippen LogP contribution in [0.15, 0.2) is 54.9 Å². The molecule has 3 aromatic rings. The van der Waals surface area contributed by atoms with E-state index in [1.165, 1.54) is 6.92 Å². The number of rotatable bonds is 4. The van der Waals surface area contributed by atoms with Crippen LogP contribution in [0.25, 0.3) is 0 Å². The number of hydrogen-bond donors (Lipinski definition) is 0. The molecule has 154 valence electrons. The molecule has 1 aromatic heterocycles. The van der Waals surface area contributed by atoms with Gasteiger partial charge in [-0.2, -0.15) is 31.1 Å². The van der Waals surface area contributed by atoms with Gasteiger partial charge >= 0.3 is 12.4 Å². The first-order valence-corrected chi connectivity index (χ1v) is 8.21. The molecule has 0 spiro atoms. The van der Waals surface area contributed by atoms with E-state index in [9.17, 15) is 26.3 Å². The van der Waals surface area contributed by atoms with Crippen LogP contribution in [-0.4, -0.2) is 20.2 Å². The van der Waals surface area contributed by atoms with Crippen LogP contribution in [0.3, 0.4) is 0 Å². The highest BCUT2D eigenvalue weighted by molar-refractivity contribution is 5.40. The van der Waals surface area contributed by atoms with E-state index in [1.54, 1.807) is 0 Å². The monoisotopic (exact) mass is 418 g/mol. The summed E-state index contributed by atoms with van der Waals surface area (Å²) in [7, 11) is 0. The fraction of sp³-hybridized carbons (Fsp3) is 0.278. The third-order valence-electron chi connectivity index (χ3n) is 4.55. The molecule has 0 aliphatic heterocycles. The van der Waals surface area contributed by atoms with Crippen molar-refractivity contribution >= 4 is 0 Å². The minimum Gasteiger partial charge on any atom is -0.231 e. The second kappa shape index (κ2) is 7.12. The minimum absolute atomic E-state index is 0.199. The Hall–Kier alpha value is -2.98. The van der Waals surface area contributed by atoms with Crippen molar-refractivity contribution in [1.29, 1.82) is 0 Å². The number of alkyl halides is 7. The van der Waals surface area contributed by atoms with Crippen LogP contribution in [0.5, 0.6) is 0 Å². The number of nitrogens with zero attached hydrogens (tertiary/aromatic N) is 4. The zero-order chi connectivity index (χ0) is 21.4. The van der Waals surface area contributed by atoms with Gasteiger partial charge in [0.2, 0.25) is 0 Å². The Balaban J connectivity index is 2.12. The highest BCUT2D eigenvalue weighted by Gasteiger charge is 2.44. The zero-order valence-electron chi connectivity index (χ0n) is 14.7. The van der Waals surface area contributed by atoms with E-state index in [2.05, 4.69) is 15.4 Å². The molecule has 0 fully saturated rings. The SMILES string of the molecule is CC(n1ncnn1)C(F)(c1ccc(C(F)(F)F)cc1)c1ccc(C(F)(F)F)cc1. The van der Waals surface area contributed by atoms with Gasteiger partial charge in [-0.1, -0.05) is 24.3 Å². The van der Waals surface area contributed by atoms with Crippen molar-refractivity contribution in [2.45, 2.75) is 31.0 Å². The Bertz CT molecular complexity index is 888. The third-order valence-corrected chi connectivity index (χ3v) is 4.55. The van der Waals surface area contributed by atoms with Gasteiger partial charge in [0.05, 0.1) is 11.1 Å². The molecular formula is C18H13F7N4. The summed E-state index contributed by atoms with van der Waals surface area (Å²) in [6.45, 7) is 1.34. The largest absolute Gasteiger partial charge is 0.416 e. The Kier molecular flexibility index (Phi) is 5.10. The van der Waals surface area contributed by atoms with Crippen LogP contribution in [0.2, 0.25) is 0 Å². The van der Waals surface area contributed by atoms with Crippen LogP contribution in [0, 0.1) is 0 Å². The second-order valence-corrected chi connectivity index (χ2v) is 6.29. The molecule has 11 heteroatoms. The molecule has 0 saturated carbocycles. The molecule has 29 heavy (non-hydrogen) atoms. The van der Waals surface area contributed by atoms with Crippen molar-refractivity contribution in [1.82, 2.24) is 20.2 Å². The van der Waals surface area contributed by atoms with Gasteiger partial charge < -0.3 is 0 Å². The van der Waals surface area contributed by atoms with Gasteiger partial charge in [0, 0.05) is 0 Å². The quantitative estimate of drug-likeness (QED) is 0.548. The molecule has 1 atom stereocenters. The Morgan fingerprint density at radius 3 is 1.38 bits per heavy atom. The summed E-state index contributed by atoms with van der Waals surface area (Å²) in [5.74, 6) is 0. The Labute approximate surface area is 160 Å². The normalized spacial score (nSPS) is 14.1. The van der Waals surface area contributed by atoms with Crippen molar-refractivity contribution in [3.63, 3.8) is 0 Å². The average molecular weight is 418 g/mol. The number of halogens is 7. The summed E-state index contributed by atoms with van der Waals surface area (Å²) < 4.78 is 93.4. The maximum absolute atomic E-state index is 16.4. The van der Waals surface area contributed by atoms with Crippen LogP contribution in [0.1, 0.15) is 35.2 Å². The van der Waals surface area contributed by atoms with Gasteiger partial charge in [-0.15, -0.1) is 10.2 Å². The fourth-order valence-corrected chi connectivity index (χ4v) is 2.96. The van der Waals surface area contributed by atoms with Crippen molar-refractivity contribution in [3.05, 3.63) is 77.1 Å². The minimum atomic E-state index is -4.62. The number of tetrazole rings is 1. The highest BCUT2D eigenvalue weighted by atomic mass is 19.4. The van der Waals surface area contributed by atoms with Crippen LogP contribution in [-0.2, 0) is 18.0 Å². The molecule has 0 radical (unpaired) electrons. The molecule has 0 saturated heterocycles. The lowest BCUT2D eigenvalue weighted by Gasteiger charge is -2.32. The molecule has 0 aliphatic carbocycles. The molecule has 0 aliphatic rings. The van der Waals surface area contributed by atoms with Gasteiger partial charge in [-0.3, -0.25) is 0 Å². The summed E-state index contributed by atoms with van der Waals surface area (Å²) in [5, 5.41) is 10.8. The summed E-state index contributed by atoms with van der Waals surface area (Å²) in [6, 6.07) is 5.34. The van der Waals surface area contributed by atoms with E-state index in [-0.39, 0.29) is 11.1 Å². The first kappa shape index (κ1) is 20.7. The van der Waals surface area contributed by atoms with Gasteiger partial charge in [0.25, 0.3) is 0 Å². The fourth-order valence-electron chi connectivity index (χ4n) is 2.96. The maximum Gasteiger partial charge on any atom is 0.416 e. The standard InChI is InChI=1S/C18H13F7N4/c1-11(29-27-10-26-28-29)16(19,12-2-6-14(7-3-12)17(20,21)22)13-4-8-15(9-5-13)18(23,24)25/h2-11H,1H3.